The molecule has 3 atom stereocenters. The normalized spacial score (nSPS) is 23.3. The van der Waals surface area contributed by atoms with Gasteiger partial charge in [0.25, 0.3) is 17.7 Å². The number of nitrogen functional groups attached to an aromatic ring is 1. The van der Waals surface area contributed by atoms with Crippen LogP contribution in [0.4, 0.5) is 5.13 Å². The number of carbonyl (C=O) groups is 4. The lowest BCUT2D eigenvalue weighted by molar-refractivity contribution is -0.689. The zero-order chi connectivity index (χ0) is 26.1. The number of nitrogens with two attached hydrogens (primary N) is 1. The molecule has 3 aliphatic rings. The van der Waals surface area contributed by atoms with Crippen LogP contribution in [0.3, 0.4) is 0 Å². The summed E-state index contributed by atoms with van der Waals surface area (Å²) in [7, 11) is 0. The van der Waals surface area contributed by atoms with E-state index in [0.29, 0.717) is 30.8 Å². The third-order valence-corrected chi connectivity index (χ3v) is 7.95. The molecule has 2 fully saturated rings. The van der Waals surface area contributed by atoms with Crippen LogP contribution in [0.5, 0.6) is 0 Å². The maximum absolute atomic E-state index is 13.2. The Kier molecular flexibility index (Phi) is 6.80. The SMILES string of the molecule is Nc1nc(/C(=N/O[C@H]2CCNC2=O)C(=O)N[C@@H]2C(=O)N3C(C(=O)O)=C(C[n+]4ccccc4)CS[C@@H]23)cs1. The molecule has 37 heavy (non-hydrogen) atoms. The summed E-state index contributed by atoms with van der Waals surface area (Å²) < 4.78 is 1.83. The second kappa shape index (κ2) is 10.2. The van der Waals surface area contributed by atoms with E-state index in [2.05, 4.69) is 20.8 Å². The maximum Gasteiger partial charge on any atom is 0.352 e. The molecule has 192 valence electrons. The van der Waals surface area contributed by atoms with Gasteiger partial charge in [0.15, 0.2) is 29.8 Å². The molecule has 15 heteroatoms. The smallest absolute Gasteiger partial charge is 0.352 e. The number of β-lactam (4-membered cyclic amide) rings is 1. The number of pyridine rings is 1. The average molecular weight is 545 g/mol. The van der Waals surface area contributed by atoms with Crippen molar-refractivity contribution < 1.29 is 33.7 Å². The van der Waals surface area contributed by atoms with Gasteiger partial charge in [-0.15, -0.1) is 23.1 Å². The topological polar surface area (TPSA) is 180 Å². The van der Waals surface area contributed by atoms with Crippen molar-refractivity contribution in [2.24, 2.45) is 5.16 Å². The number of oxime groups is 1. The van der Waals surface area contributed by atoms with Crippen molar-refractivity contribution in [1.29, 1.82) is 0 Å². The van der Waals surface area contributed by atoms with Crippen molar-refractivity contribution in [2.75, 3.05) is 18.0 Å². The predicted octanol–water partition coefficient (Wildman–Crippen LogP) is -0.939. The van der Waals surface area contributed by atoms with E-state index < -0.39 is 35.3 Å². The summed E-state index contributed by atoms with van der Waals surface area (Å²) in [4.78, 5) is 60.7. The first-order chi connectivity index (χ1) is 17.8. The van der Waals surface area contributed by atoms with Gasteiger partial charge in [-0.25, -0.2) is 14.3 Å². The van der Waals surface area contributed by atoms with Crippen LogP contribution >= 0.6 is 23.1 Å². The van der Waals surface area contributed by atoms with E-state index >= 15 is 0 Å². The first-order valence-electron chi connectivity index (χ1n) is 11.2. The van der Waals surface area contributed by atoms with Gasteiger partial charge in [-0.2, -0.15) is 0 Å². The molecule has 2 saturated heterocycles. The van der Waals surface area contributed by atoms with Gasteiger partial charge in [0.2, 0.25) is 6.10 Å². The van der Waals surface area contributed by atoms with Crippen LogP contribution in [0.2, 0.25) is 0 Å². The van der Waals surface area contributed by atoms with E-state index in [1.807, 2.05) is 35.2 Å². The van der Waals surface area contributed by atoms with Gasteiger partial charge in [-0.3, -0.25) is 19.3 Å². The number of carbonyl (C=O) groups excluding carboxylic acids is 3. The number of thiazole rings is 1. The average Bonchev–Trinajstić information content (AvgIpc) is 3.50. The van der Waals surface area contributed by atoms with Crippen LogP contribution in [0.1, 0.15) is 12.1 Å². The summed E-state index contributed by atoms with van der Waals surface area (Å²) >= 11 is 2.45. The third-order valence-electron chi connectivity index (χ3n) is 5.94. The number of carboxylic acid groups (broad SMARTS) is 1. The molecule has 0 spiro atoms. The van der Waals surface area contributed by atoms with Crippen LogP contribution < -0.4 is 20.9 Å². The van der Waals surface area contributed by atoms with Crippen LogP contribution in [-0.4, -0.2) is 74.2 Å². The monoisotopic (exact) mass is 544 g/mol. The molecule has 0 aliphatic carbocycles. The zero-order valence-electron chi connectivity index (χ0n) is 19.2. The van der Waals surface area contributed by atoms with Gasteiger partial charge in [0.1, 0.15) is 22.8 Å². The van der Waals surface area contributed by atoms with Crippen LogP contribution in [0, 0.1) is 0 Å². The Hall–Kier alpha value is -3.98. The Balaban J connectivity index is 1.34. The molecule has 5 N–H and O–H groups in total. The molecule has 3 amide bonds. The molecule has 0 saturated carbocycles. The minimum absolute atomic E-state index is 0.0765. The number of rotatable bonds is 8. The standard InChI is InChI=1S/C22H21N7O6S2/c23-22-25-12(10-37-22)14(27-35-13-4-5-24-17(13)30)18(31)26-15-19(32)29-16(21(33)34)11(9-36-20(15)29)8-28-6-2-1-3-7-28/h1-3,6-7,10,13,15,20H,4-5,8-9H2,(H4-,23,24,25,26,30,31,33,34)/p+1/b27-14-/t13-,15+,20-/m0/s1. The number of aromatic nitrogens is 2. The first kappa shape index (κ1) is 24.7. The molecule has 2 aromatic rings. The Morgan fingerprint density at radius 2 is 2.11 bits per heavy atom. The molecule has 13 nitrogen and oxygen atoms in total. The minimum Gasteiger partial charge on any atom is -0.477 e. The summed E-state index contributed by atoms with van der Waals surface area (Å²) in [5.41, 5.74) is 6.11. The van der Waals surface area contributed by atoms with E-state index in [-0.39, 0.29) is 28.1 Å². The van der Waals surface area contributed by atoms with E-state index in [4.69, 9.17) is 10.6 Å². The van der Waals surface area contributed by atoms with Crippen LogP contribution in [-0.2, 0) is 30.6 Å². The highest BCUT2D eigenvalue weighted by Crippen LogP contribution is 2.40. The zero-order valence-corrected chi connectivity index (χ0v) is 20.8. The number of thioether (sulfide) groups is 1. The van der Waals surface area contributed by atoms with Crippen molar-refractivity contribution >= 4 is 57.6 Å². The minimum atomic E-state index is -1.21. The maximum atomic E-state index is 13.2. The second-order valence-corrected chi connectivity index (χ2v) is 10.3. The summed E-state index contributed by atoms with van der Waals surface area (Å²) in [5, 5.41) is 20.1. The lowest BCUT2D eigenvalue weighted by Crippen LogP contribution is -2.71. The number of hydrogen-bond donors (Lipinski definition) is 4. The van der Waals surface area contributed by atoms with Gasteiger partial charge in [0, 0.05) is 41.8 Å². The van der Waals surface area contributed by atoms with Gasteiger partial charge >= 0.3 is 5.97 Å². The summed E-state index contributed by atoms with van der Waals surface area (Å²) in [6.45, 7) is 0.747. The predicted molar refractivity (Wildman–Crippen MR) is 132 cm³/mol. The van der Waals surface area contributed by atoms with Gasteiger partial charge < -0.3 is 26.3 Å². The quantitative estimate of drug-likeness (QED) is 0.141. The van der Waals surface area contributed by atoms with Crippen molar-refractivity contribution in [1.82, 2.24) is 20.5 Å². The molecular weight excluding hydrogens is 522 g/mol. The fraction of sp³-hybridized carbons (Fsp3) is 0.318. The van der Waals surface area contributed by atoms with E-state index in [9.17, 15) is 24.3 Å². The number of nitrogens with zero attached hydrogens (tertiary/aromatic N) is 4. The highest BCUT2D eigenvalue weighted by molar-refractivity contribution is 8.00. The van der Waals surface area contributed by atoms with E-state index in [1.165, 1.54) is 22.0 Å². The van der Waals surface area contributed by atoms with Crippen molar-refractivity contribution in [3.63, 3.8) is 0 Å². The lowest BCUT2D eigenvalue weighted by Gasteiger charge is -2.49. The number of carboxylic acids is 1. The highest BCUT2D eigenvalue weighted by atomic mass is 32.2. The molecular formula is C22H22N7O6S2+. The first-order valence-corrected chi connectivity index (χ1v) is 13.1. The van der Waals surface area contributed by atoms with E-state index in [1.54, 1.807) is 0 Å². The fourth-order valence-corrected chi connectivity index (χ4v) is 6.05. The van der Waals surface area contributed by atoms with E-state index in [0.717, 1.165) is 11.3 Å². The van der Waals surface area contributed by atoms with Crippen molar-refractivity contribution in [3.8, 4) is 0 Å². The fourth-order valence-electron chi connectivity index (χ4n) is 4.16. The number of anilines is 1. The number of amides is 3. The number of nitrogens with one attached hydrogen (secondary N) is 2. The molecule has 0 aromatic carbocycles. The van der Waals surface area contributed by atoms with Gasteiger partial charge in [-0.1, -0.05) is 11.2 Å². The Bertz CT molecular complexity index is 1330. The highest BCUT2D eigenvalue weighted by Gasteiger charge is 2.54. The third kappa shape index (κ3) is 4.86. The van der Waals surface area contributed by atoms with Gasteiger partial charge in [0.05, 0.1) is 0 Å². The number of hydrogen-bond acceptors (Lipinski definition) is 10. The molecule has 2 aromatic heterocycles. The van der Waals surface area contributed by atoms with Crippen molar-refractivity contribution in [3.05, 3.63) is 52.9 Å². The largest absolute Gasteiger partial charge is 0.477 e. The molecule has 5 heterocycles. The Labute approximate surface area is 218 Å². The Morgan fingerprint density at radius 1 is 1.32 bits per heavy atom. The Morgan fingerprint density at radius 3 is 2.76 bits per heavy atom. The summed E-state index contributed by atoms with van der Waals surface area (Å²) in [6, 6.07) is 4.54. The summed E-state index contributed by atoms with van der Waals surface area (Å²) in [6.07, 6.45) is 3.16. The van der Waals surface area contributed by atoms with Gasteiger partial charge in [-0.05, 0) is 0 Å². The molecule has 0 unspecified atom stereocenters. The number of aliphatic carboxylic acids is 1. The van der Waals surface area contributed by atoms with Crippen LogP contribution in [0.25, 0.3) is 0 Å². The number of fused-ring (bicyclic) bond motifs is 1. The summed E-state index contributed by atoms with van der Waals surface area (Å²) in [5.74, 6) is -2.49. The molecule has 0 radical (unpaired) electrons. The lowest BCUT2D eigenvalue weighted by atomic mass is 10.0. The van der Waals surface area contributed by atoms with Crippen LogP contribution in [0.15, 0.2) is 52.4 Å². The van der Waals surface area contributed by atoms with Crippen molar-refractivity contribution in [2.45, 2.75) is 30.5 Å². The molecule has 5 rings (SSSR count). The molecule has 0 bridgehead atoms. The molecule has 3 aliphatic heterocycles. The second-order valence-electron chi connectivity index (χ2n) is 8.35.